The minimum absolute atomic E-state index is 0.0254. The zero-order chi connectivity index (χ0) is 14.4. The van der Waals surface area contributed by atoms with Crippen molar-refractivity contribution in [2.75, 3.05) is 0 Å². The summed E-state index contributed by atoms with van der Waals surface area (Å²) in [7, 11) is 0. The quantitative estimate of drug-likeness (QED) is 0.689. The molecule has 2 heteroatoms. The molecule has 1 unspecified atom stereocenters. The first-order chi connectivity index (χ1) is 10.0. The standard InChI is InChI=1S/C19H30O2/c1-18-8-7-12-13(15(18)5-6-16(18)20)4-3-11-10-19(2)17(21-19)9-14(11)12/h11-17,20H,3-10H2,1-2H3/t11-,12-,13+,14-,15-,16?,17+,18-,19-/m0/s1. The van der Waals surface area contributed by atoms with Crippen molar-refractivity contribution in [1.82, 2.24) is 0 Å². The van der Waals surface area contributed by atoms with Gasteiger partial charge in [-0.05, 0) is 93.3 Å². The molecule has 1 saturated heterocycles. The van der Waals surface area contributed by atoms with Gasteiger partial charge < -0.3 is 9.84 Å². The smallest absolute Gasteiger partial charge is 0.0923 e. The Kier molecular flexibility index (Phi) is 2.58. The van der Waals surface area contributed by atoms with E-state index in [-0.39, 0.29) is 17.1 Å². The van der Waals surface area contributed by atoms with Gasteiger partial charge in [0.2, 0.25) is 0 Å². The van der Waals surface area contributed by atoms with E-state index in [0.717, 1.165) is 36.0 Å². The molecule has 4 saturated carbocycles. The predicted molar refractivity (Wildman–Crippen MR) is 81.8 cm³/mol. The summed E-state index contributed by atoms with van der Waals surface area (Å²) in [5.41, 5.74) is 0.508. The van der Waals surface area contributed by atoms with Crippen molar-refractivity contribution in [2.45, 2.75) is 83.0 Å². The van der Waals surface area contributed by atoms with Gasteiger partial charge >= 0.3 is 0 Å². The third-order valence-electron chi connectivity index (χ3n) is 8.66. The van der Waals surface area contributed by atoms with E-state index in [1.807, 2.05) is 0 Å². The molecule has 5 rings (SSSR count). The summed E-state index contributed by atoms with van der Waals surface area (Å²) < 4.78 is 6.02. The molecule has 0 aromatic carbocycles. The largest absolute Gasteiger partial charge is 0.393 e. The number of fused-ring (bicyclic) bond motifs is 6. The van der Waals surface area contributed by atoms with Crippen molar-refractivity contribution in [1.29, 1.82) is 0 Å². The van der Waals surface area contributed by atoms with Crippen molar-refractivity contribution < 1.29 is 9.84 Å². The number of hydrogen-bond acceptors (Lipinski definition) is 2. The number of hydrogen-bond donors (Lipinski definition) is 1. The molecule has 4 aliphatic carbocycles. The molecule has 21 heavy (non-hydrogen) atoms. The lowest BCUT2D eigenvalue weighted by molar-refractivity contribution is -0.0805. The highest BCUT2D eigenvalue weighted by Crippen LogP contribution is 2.65. The Morgan fingerprint density at radius 2 is 1.81 bits per heavy atom. The molecule has 9 atom stereocenters. The molecule has 1 aliphatic heterocycles. The molecule has 1 N–H and O–H groups in total. The zero-order valence-corrected chi connectivity index (χ0v) is 13.6. The fourth-order valence-electron chi connectivity index (χ4n) is 7.36. The Morgan fingerprint density at radius 1 is 0.952 bits per heavy atom. The normalized spacial score (nSPS) is 65.0. The second-order valence-corrected chi connectivity index (χ2v) is 9.43. The van der Waals surface area contributed by atoms with Crippen molar-refractivity contribution in [3.8, 4) is 0 Å². The van der Waals surface area contributed by atoms with E-state index in [9.17, 15) is 5.11 Å². The van der Waals surface area contributed by atoms with E-state index in [0.29, 0.717) is 6.10 Å². The van der Waals surface area contributed by atoms with Crippen molar-refractivity contribution >= 4 is 0 Å². The monoisotopic (exact) mass is 290 g/mol. The maximum absolute atomic E-state index is 10.5. The Labute approximate surface area is 128 Å². The molecule has 0 bridgehead atoms. The average molecular weight is 290 g/mol. The number of ether oxygens (including phenoxy) is 1. The van der Waals surface area contributed by atoms with Crippen LogP contribution >= 0.6 is 0 Å². The van der Waals surface area contributed by atoms with E-state index in [4.69, 9.17) is 4.74 Å². The average Bonchev–Trinajstić information content (AvgIpc) is 3.02. The molecule has 0 spiro atoms. The van der Waals surface area contributed by atoms with Crippen LogP contribution in [0.5, 0.6) is 0 Å². The van der Waals surface area contributed by atoms with E-state index in [2.05, 4.69) is 13.8 Å². The summed E-state index contributed by atoms with van der Waals surface area (Å²) in [5.74, 6) is 4.53. The molecule has 118 valence electrons. The van der Waals surface area contributed by atoms with Crippen molar-refractivity contribution in [2.24, 2.45) is 35.0 Å². The van der Waals surface area contributed by atoms with Crippen LogP contribution in [0.1, 0.15) is 65.2 Å². The van der Waals surface area contributed by atoms with Gasteiger partial charge in [-0.3, -0.25) is 0 Å². The van der Waals surface area contributed by atoms with Crippen LogP contribution in [0.15, 0.2) is 0 Å². The van der Waals surface area contributed by atoms with E-state index < -0.39 is 0 Å². The third-order valence-corrected chi connectivity index (χ3v) is 8.66. The van der Waals surface area contributed by atoms with E-state index in [1.165, 1.54) is 44.9 Å². The number of epoxide rings is 1. The van der Waals surface area contributed by atoms with Crippen LogP contribution < -0.4 is 0 Å². The van der Waals surface area contributed by atoms with Gasteiger partial charge in [0.1, 0.15) is 0 Å². The van der Waals surface area contributed by atoms with Crippen molar-refractivity contribution in [3.05, 3.63) is 0 Å². The molecule has 0 radical (unpaired) electrons. The lowest BCUT2D eigenvalue weighted by Gasteiger charge is -2.55. The fourth-order valence-corrected chi connectivity index (χ4v) is 7.36. The third kappa shape index (κ3) is 1.67. The topological polar surface area (TPSA) is 32.8 Å². The van der Waals surface area contributed by atoms with Crippen LogP contribution in [-0.4, -0.2) is 22.9 Å². The lowest BCUT2D eigenvalue weighted by Crippen LogP contribution is -2.50. The highest BCUT2D eigenvalue weighted by molar-refractivity contribution is 5.12. The van der Waals surface area contributed by atoms with Gasteiger partial charge in [0.25, 0.3) is 0 Å². The summed E-state index contributed by atoms with van der Waals surface area (Å²) in [6.07, 6.45) is 11.1. The fraction of sp³-hybridized carbons (Fsp3) is 1.00. The molecular formula is C19H30O2. The van der Waals surface area contributed by atoms with Crippen molar-refractivity contribution in [3.63, 3.8) is 0 Å². The second kappa shape index (κ2) is 4.06. The van der Waals surface area contributed by atoms with Crippen LogP contribution in [-0.2, 0) is 4.74 Å². The van der Waals surface area contributed by atoms with Crippen LogP contribution in [0, 0.1) is 35.0 Å². The summed E-state index contributed by atoms with van der Waals surface area (Å²) in [6, 6.07) is 0. The Morgan fingerprint density at radius 3 is 2.67 bits per heavy atom. The van der Waals surface area contributed by atoms with Crippen LogP contribution in [0.2, 0.25) is 0 Å². The van der Waals surface area contributed by atoms with Crippen LogP contribution in [0.4, 0.5) is 0 Å². The highest BCUT2D eigenvalue weighted by Gasteiger charge is 2.63. The Hall–Kier alpha value is -0.0800. The molecular weight excluding hydrogens is 260 g/mol. The van der Waals surface area contributed by atoms with Gasteiger partial charge in [-0.25, -0.2) is 0 Å². The second-order valence-electron chi connectivity index (χ2n) is 9.43. The van der Waals surface area contributed by atoms with Crippen LogP contribution in [0.3, 0.4) is 0 Å². The maximum Gasteiger partial charge on any atom is 0.0923 e. The molecule has 0 aromatic rings. The molecule has 5 aliphatic rings. The van der Waals surface area contributed by atoms with Gasteiger partial charge in [0.15, 0.2) is 0 Å². The van der Waals surface area contributed by atoms with Gasteiger partial charge in [0, 0.05) is 0 Å². The lowest BCUT2D eigenvalue weighted by atomic mass is 9.50. The van der Waals surface area contributed by atoms with E-state index >= 15 is 0 Å². The maximum atomic E-state index is 10.5. The molecule has 2 nitrogen and oxygen atoms in total. The number of aliphatic hydroxyl groups is 1. The predicted octanol–water partition coefficient (Wildman–Crippen LogP) is 3.77. The zero-order valence-electron chi connectivity index (χ0n) is 13.6. The number of rotatable bonds is 0. The van der Waals surface area contributed by atoms with Gasteiger partial charge in [-0.1, -0.05) is 6.92 Å². The summed E-state index contributed by atoms with van der Waals surface area (Å²) in [5, 5.41) is 10.5. The highest BCUT2D eigenvalue weighted by atomic mass is 16.6. The Balaban J connectivity index is 1.41. The number of aliphatic hydroxyl groups excluding tert-OH is 1. The molecule has 0 aromatic heterocycles. The first kappa shape index (κ1) is 13.4. The van der Waals surface area contributed by atoms with Gasteiger partial charge in [-0.2, -0.15) is 0 Å². The summed E-state index contributed by atoms with van der Waals surface area (Å²) in [6.45, 7) is 4.73. The summed E-state index contributed by atoms with van der Waals surface area (Å²) in [4.78, 5) is 0. The van der Waals surface area contributed by atoms with Gasteiger partial charge in [0.05, 0.1) is 17.8 Å². The molecule has 0 amide bonds. The van der Waals surface area contributed by atoms with Crippen LogP contribution in [0.25, 0.3) is 0 Å². The first-order valence-electron chi connectivity index (χ1n) is 9.37. The minimum Gasteiger partial charge on any atom is -0.393 e. The minimum atomic E-state index is -0.0254. The summed E-state index contributed by atoms with van der Waals surface area (Å²) >= 11 is 0. The molecule has 5 fully saturated rings. The first-order valence-corrected chi connectivity index (χ1v) is 9.37. The Bertz CT molecular complexity index is 462. The van der Waals surface area contributed by atoms with E-state index in [1.54, 1.807) is 0 Å². The van der Waals surface area contributed by atoms with Gasteiger partial charge in [-0.15, -0.1) is 0 Å². The molecule has 1 heterocycles. The SMILES string of the molecule is C[C@]12C[C@@H]3CC[C@@H]4[C@H](CC[C@]5(C)C(O)CC[C@@H]45)[C@H]3C[C@H]1O2.